The van der Waals surface area contributed by atoms with Crippen LogP contribution in [0.5, 0.6) is 0 Å². The second-order valence-corrected chi connectivity index (χ2v) is 9.18. The molecule has 0 heterocycles. The summed E-state index contributed by atoms with van der Waals surface area (Å²) in [6.45, 7) is 10.7. The fraction of sp³-hybridized carbons (Fsp3) is 0.714. The molecule has 5 heteroatoms. The largest absolute Gasteiger partial charge is 0.465 e. The van der Waals surface area contributed by atoms with Crippen LogP contribution in [0.4, 0.5) is 0 Å². The van der Waals surface area contributed by atoms with Crippen LogP contribution in [0.25, 0.3) is 0 Å². The lowest BCUT2D eigenvalue weighted by atomic mass is 9.87. The molecule has 0 bridgehead atoms. The highest BCUT2D eigenvalue weighted by Gasteiger charge is 2.30. The third-order valence-electron chi connectivity index (χ3n) is 6.11. The minimum Gasteiger partial charge on any atom is -0.465 e. The summed E-state index contributed by atoms with van der Waals surface area (Å²) in [5, 5.41) is 0. The van der Waals surface area contributed by atoms with Gasteiger partial charge in [-0.1, -0.05) is 102 Å². The van der Waals surface area contributed by atoms with E-state index >= 15 is 0 Å². The Morgan fingerprint density at radius 1 is 0.758 bits per heavy atom. The average Bonchev–Trinajstić information content (AvgIpc) is 2.78. The summed E-state index contributed by atoms with van der Waals surface area (Å²) in [7, 11) is 0.611. The summed E-state index contributed by atoms with van der Waals surface area (Å²) < 4.78 is 13.8. The average molecular weight is 481 g/mol. The molecule has 4 nitrogen and oxygen atoms in total. The molecule has 0 saturated heterocycles. The number of hydrogen-bond donors (Lipinski definition) is 0. The topological polar surface area (TPSA) is 60.4 Å². The maximum atomic E-state index is 13.2. The van der Waals surface area contributed by atoms with Crippen LogP contribution >= 0.6 is 9.12 Å². The van der Waals surface area contributed by atoms with Crippen LogP contribution in [-0.4, -0.2) is 18.4 Å². The van der Waals surface area contributed by atoms with E-state index in [1.807, 2.05) is 32.9 Å². The molecule has 0 saturated carbocycles. The third kappa shape index (κ3) is 13.2. The van der Waals surface area contributed by atoms with Crippen LogP contribution in [0.3, 0.4) is 0 Å². The van der Waals surface area contributed by atoms with E-state index in [2.05, 4.69) is 13.8 Å². The second kappa shape index (κ2) is 20.0. The first-order chi connectivity index (χ1) is 15.9. The molecule has 0 aliphatic rings. The number of esters is 1. The van der Waals surface area contributed by atoms with E-state index < -0.39 is 5.92 Å². The van der Waals surface area contributed by atoms with Gasteiger partial charge in [0.1, 0.15) is 5.92 Å². The highest BCUT2D eigenvalue weighted by molar-refractivity contribution is 7.00. The van der Waals surface area contributed by atoms with Crippen LogP contribution < -0.4 is 0 Å². The van der Waals surface area contributed by atoms with E-state index in [1.165, 1.54) is 51.4 Å². The lowest BCUT2D eigenvalue weighted by Crippen LogP contribution is -2.28. The summed E-state index contributed by atoms with van der Waals surface area (Å²) in [6.07, 6.45) is 14.9. The summed E-state index contributed by atoms with van der Waals surface area (Å²) in [5.74, 6) is -1.09. The molecule has 0 radical (unpaired) electrons. The van der Waals surface area contributed by atoms with Crippen molar-refractivity contribution in [2.75, 3.05) is 6.61 Å². The van der Waals surface area contributed by atoms with Crippen molar-refractivity contribution in [1.29, 1.82) is 0 Å². The van der Waals surface area contributed by atoms with Crippen molar-refractivity contribution in [2.24, 2.45) is 5.92 Å². The number of aryl methyl sites for hydroxylation is 3. The molecule has 2 atom stereocenters. The number of hydrogen-bond acceptors (Lipinski definition) is 4. The first-order valence-corrected chi connectivity index (χ1v) is 13.6. The Morgan fingerprint density at radius 2 is 1.21 bits per heavy atom. The molecule has 0 spiro atoms. The zero-order valence-corrected chi connectivity index (χ0v) is 23.4. The minimum absolute atomic E-state index is 0.0727. The lowest BCUT2D eigenvalue weighted by molar-refractivity contribution is -0.147. The summed E-state index contributed by atoms with van der Waals surface area (Å²) in [5.41, 5.74) is 3.74. The van der Waals surface area contributed by atoms with Gasteiger partial charge in [-0.15, -0.1) is 0 Å². The van der Waals surface area contributed by atoms with Crippen LogP contribution in [0, 0.1) is 26.7 Å². The standard InChI is InChI=1S/C28H46O3.H3OP/c1-6-8-10-11-12-13-14-15-16-17-19-31-28(30)25(18-9-7-2)27(29)26-23(4)20-22(3)21-24(26)5;1-2/h20-21,25H,6-19H2,1-5H3;2H3. The van der Waals surface area contributed by atoms with Crippen molar-refractivity contribution < 1.29 is 18.9 Å². The molecule has 1 rings (SSSR count). The SMILES string of the molecule is CCCCCCCCCCCCOC(=O)C(CCCC)C(=O)c1c(C)cc(C)cc1C.O=[PH3]. The van der Waals surface area contributed by atoms with Crippen molar-refractivity contribution in [3.63, 3.8) is 0 Å². The Balaban J connectivity index is 0.00000497. The fourth-order valence-corrected chi connectivity index (χ4v) is 4.37. The van der Waals surface area contributed by atoms with Crippen LogP contribution in [0.15, 0.2) is 12.1 Å². The van der Waals surface area contributed by atoms with Gasteiger partial charge in [-0.2, -0.15) is 0 Å². The van der Waals surface area contributed by atoms with E-state index in [0.717, 1.165) is 42.4 Å². The predicted molar refractivity (Wildman–Crippen MR) is 143 cm³/mol. The molecule has 0 fully saturated rings. The number of ether oxygens (including phenoxy) is 1. The highest BCUT2D eigenvalue weighted by Crippen LogP contribution is 2.24. The molecule has 2 unspecified atom stereocenters. The van der Waals surface area contributed by atoms with Gasteiger partial charge in [-0.05, 0) is 44.7 Å². The molecule has 190 valence electrons. The molecule has 33 heavy (non-hydrogen) atoms. The molecule has 1 aromatic carbocycles. The van der Waals surface area contributed by atoms with Gasteiger partial charge >= 0.3 is 5.97 Å². The number of ketones is 1. The Bertz CT molecular complexity index is 663. The molecule has 0 N–H and O–H groups in total. The first-order valence-electron chi connectivity index (χ1n) is 13.0. The molecule has 1 aromatic rings. The van der Waals surface area contributed by atoms with Gasteiger partial charge in [0.15, 0.2) is 5.78 Å². The number of rotatable bonds is 17. The van der Waals surface area contributed by atoms with Crippen molar-refractivity contribution in [3.05, 3.63) is 34.4 Å². The van der Waals surface area contributed by atoms with E-state index in [0.29, 0.717) is 27.7 Å². The van der Waals surface area contributed by atoms with Gasteiger partial charge in [0.2, 0.25) is 0 Å². The van der Waals surface area contributed by atoms with Gasteiger partial charge in [0, 0.05) is 5.56 Å². The fourth-order valence-electron chi connectivity index (χ4n) is 4.37. The maximum absolute atomic E-state index is 13.2. The molecular formula is C28H49O4P. The molecule has 0 aliphatic heterocycles. The maximum Gasteiger partial charge on any atom is 0.316 e. The van der Waals surface area contributed by atoms with Crippen molar-refractivity contribution >= 4 is 20.9 Å². The van der Waals surface area contributed by atoms with Crippen molar-refractivity contribution in [2.45, 2.75) is 118 Å². The Morgan fingerprint density at radius 3 is 1.70 bits per heavy atom. The van der Waals surface area contributed by atoms with Crippen molar-refractivity contribution in [3.8, 4) is 0 Å². The van der Waals surface area contributed by atoms with E-state index in [-0.39, 0.29) is 11.8 Å². The summed E-state index contributed by atoms with van der Waals surface area (Å²) >= 11 is 0. The van der Waals surface area contributed by atoms with Crippen LogP contribution in [-0.2, 0) is 14.1 Å². The van der Waals surface area contributed by atoms with Gasteiger partial charge in [0.05, 0.1) is 15.7 Å². The lowest BCUT2D eigenvalue weighted by Gasteiger charge is -2.18. The summed E-state index contributed by atoms with van der Waals surface area (Å²) in [4.78, 5) is 26.0. The molecule has 0 amide bonds. The van der Waals surface area contributed by atoms with Gasteiger partial charge < -0.3 is 9.30 Å². The Kier molecular flexibility index (Phi) is 19.2. The van der Waals surface area contributed by atoms with E-state index in [4.69, 9.17) is 9.30 Å². The van der Waals surface area contributed by atoms with Gasteiger partial charge in [-0.3, -0.25) is 9.59 Å². The predicted octanol–water partition coefficient (Wildman–Crippen LogP) is 8.00. The number of benzene rings is 1. The molecular weight excluding hydrogens is 431 g/mol. The highest BCUT2D eigenvalue weighted by atomic mass is 31.0. The molecule has 0 aliphatic carbocycles. The number of unbranched alkanes of at least 4 members (excludes halogenated alkanes) is 10. The zero-order chi connectivity index (χ0) is 25.1. The van der Waals surface area contributed by atoms with Crippen LogP contribution in [0.1, 0.15) is 124 Å². The van der Waals surface area contributed by atoms with E-state index in [9.17, 15) is 9.59 Å². The Labute approximate surface area is 204 Å². The first kappa shape index (κ1) is 31.6. The third-order valence-corrected chi connectivity index (χ3v) is 6.11. The van der Waals surface area contributed by atoms with Crippen LogP contribution in [0.2, 0.25) is 0 Å². The second-order valence-electron chi connectivity index (χ2n) is 9.18. The zero-order valence-electron chi connectivity index (χ0n) is 22.0. The summed E-state index contributed by atoms with van der Waals surface area (Å²) in [6, 6.07) is 4.04. The van der Waals surface area contributed by atoms with E-state index in [1.54, 1.807) is 0 Å². The Hall–Kier alpha value is -1.41. The smallest absolute Gasteiger partial charge is 0.316 e. The quantitative estimate of drug-likeness (QED) is 0.0745. The normalized spacial score (nSPS) is 11.5. The monoisotopic (exact) mass is 480 g/mol. The number of carbonyl (C=O) groups excluding carboxylic acids is 2. The van der Waals surface area contributed by atoms with Gasteiger partial charge in [0.25, 0.3) is 0 Å². The number of carbonyl (C=O) groups is 2. The number of Topliss-reactive ketones (excluding diaryl/α,β-unsaturated/α-hetero) is 1. The van der Waals surface area contributed by atoms with Crippen molar-refractivity contribution in [1.82, 2.24) is 0 Å². The van der Waals surface area contributed by atoms with Gasteiger partial charge in [-0.25, -0.2) is 0 Å². The minimum atomic E-state index is -0.678. The molecule has 0 aromatic heterocycles.